The highest BCUT2D eigenvalue weighted by atomic mass is 79.9. The van der Waals surface area contributed by atoms with Crippen molar-refractivity contribution in [2.45, 2.75) is 32.1 Å². The molecule has 124 valence electrons. The van der Waals surface area contributed by atoms with Gasteiger partial charge in [-0.1, -0.05) is 35.2 Å². The zero-order valence-electron chi connectivity index (χ0n) is 12.4. The van der Waals surface area contributed by atoms with E-state index in [0.29, 0.717) is 17.3 Å². The summed E-state index contributed by atoms with van der Waals surface area (Å²) >= 11 is 3.13. The molecule has 0 aliphatic heterocycles. The molecule has 0 aromatic heterocycles. The van der Waals surface area contributed by atoms with E-state index in [1.807, 2.05) is 0 Å². The van der Waals surface area contributed by atoms with Crippen molar-refractivity contribution in [1.82, 2.24) is 5.32 Å². The zero-order valence-corrected chi connectivity index (χ0v) is 14.0. The van der Waals surface area contributed by atoms with E-state index < -0.39 is 22.2 Å². The Morgan fingerprint density at radius 1 is 1.30 bits per heavy atom. The van der Waals surface area contributed by atoms with E-state index in [9.17, 15) is 24.8 Å². The maximum Gasteiger partial charge on any atom is 0.311 e. The predicted molar refractivity (Wildman–Crippen MR) is 86.3 cm³/mol. The molecule has 1 aromatic carbocycles. The summed E-state index contributed by atoms with van der Waals surface area (Å²) < 4.78 is 0.495. The summed E-state index contributed by atoms with van der Waals surface area (Å²) in [6.45, 7) is -0.0195. The minimum absolute atomic E-state index is 0.0195. The molecule has 0 saturated heterocycles. The summed E-state index contributed by atoms with van der Waals surface area (Å²) in [5, 5.41) is 23.1. The third-order valence-corrected chi connectivity index (χ3v) is 4.75. The number of nitrogens with one attached hydrogen (secondary N) is 1. The lowest BCUT2D eigenvalue weighted by atomic mass is 9.74. The second kappa shape index (κ2) is 7.08. The number of nitro groups is 1. The molecule has 2 N–H and O–H groups in total. The molecule has 1 aliphatic carbocycles. The Morgan fingerprint density at radius 2 is 1.96 bits per heavy atom. The summed E-state index contributed by atoms with van der Waals surface area (Å²) in [5.41, 5.74) is -1.36. The van der Waals surface area contributed by atoms with Crippen molar-refractivity contribution in [2.75, 3.05) is 6.54 Å². The lowest BCUT2D eigenvalue weighted by Crippen LogP contribution is -2.44. The molecule has 0 unspecified atom stereocenters. The van der Waals surface area contributed by atoms with E-state index in [1.165, 1.54) is 18.2 Å². The number of rotatable bonds is 5. The van der Waals surface area contributed by atoms with Crippen LogP contribution in [0, 0.1) is 15.5 Å². The molecule has 1 aliphatic rings. The van der Waals surface area contributed by atoms with Crippen molar-refractivity contribution < 1.29 is 19.6 Å². The Hall–Kier alpha value is -1.96. The van der Waals surface area contributed by atoms with Crippen LogP contribution in [0.4, 0.5) is 5.69 Å². The number of hydrogen-bond acceptors (Lipinski definition) is 4. The van der Waals surface area contributed by atoms with Crippen LogP contribution >= 0.6 is 15.9 Å². The number of hydrogen-bond donors (Lipinski definition) is 2. The Morgan fingerprint density at radius 3 is 2.52 bits per heavy atom. The fourth-order valence-electron chi connectivity index (χ4n) is 2.89. The number of nitrogens with zero attached hydrogens (tertiary/aromatic N) is 1. The second-order valence-electron chi connectivity index (χ2n) is 5.75. The van der Waals surface area contributed by atoms with Crippen molar-refractivity contribution in [3.8, 4) is 0 Å². The minimum atomic E-state index is -0.974. The molecule has 0 spiro atoms. The first kappa shape index (κ1) is 17.4. The van der Waals surface area contributed by atoms with Crippen molar-refractivity contribution in [3.63, 3.8) is 0 Å². The van der Waals surface area contributed by atoms with E-state index in [2.05, 4.69) is 21.2 Å². The number of carbonyl (C=O) groups is 2. The first-order valence-electron chi connectivity index (χ1n) is 7.31. The Bertz CT molecular complexity index is 641. The molecule has 2 rings (SSSR count). The van der Waals surface area contributed by atoms with Crippen molar-refractivity contribution >= 4 is 33.5 Å². The first-order chi connectivity index (χ1) is 10.9. The molecule has 7 nitrogen and oxygen atoms in total. The van der Waals surface area contributed by atoms with Gasteiger partial charge >= 0.3 is 5.97 Å². The summed E-state index contributed by atoms with van der Waals surface area (Å²) in [7, 11) is 0. The van der Waals surface area contributed by atoms with E-state index in [-0.39, 0.29) is 17.8 Å². The highest BCUT2D eigenvalue weighted by Crippen LogP contribution is 2.36. The van der Waals surface area contributed by atoms with Gasteiger partial charge in [0.15, 0.2) is 0 Å². The monoisotopic (exact) mass is 384 g/mol. The van der Waals surface area contributed by atoms with Gasteiger partial charge in [-0.3, -0.25) is 19.7 Å². The van der Waals surface area contributed by atoms with Gasteiger partial charge in [0, 0.05) is 17.1 Å². The number of carboxylic acid groups (broad SMARTS) is 1. The molecule has 1 aromatic rings. The highest BCUT2D eigenvalue weighted by Gasteiger charge is 2.40. The molecular formula is C15H17BrN2O5. The van der Waals surface area contributed by atoms with Crippen LogP contribution in [-0.2, 0) is 4.79 Å². The third-order valence-electron chi connectivity index (χ3n) is 4.25. The Balaban J connectivity index is 2.16. The molecule has 0 atom stereocenters. The first-order valence-corrected chi connectivity index (χ1v) is 8.10. The number of benzene rings is 1. The van der Waals surface area contributed by atoms with Gasteiger partial charge in [0.05, 0.1) is 10.3 Å². The van der Waals surface area contributed by atoms with Gasteiger partial charge < -0.3 is 10.4 Å². The van der Waals surface area contributed by atoms with Crippen LogP contribution in [-0.4, -0.2) is 28.5 Å². The number of halogens is 1. The van der Waals surface area contributed by atoms with Crippen molar-refractivity contribution in [3.05, 3.63) is 38.3 Å². The number of nitro benzene ring substituents is 1. The van der Waals surface area contributed by atoms with E-state index in [1.54, 1.807) is 0 Å². The second-order valence-corrected chi connectivity index (χ2v) is 6.66. The normalized spacial score (nSPS) is 16.6. The van der Waals surface area contributed by atoms with Gasteiger partial charge in [0.25, 0.3) is 11.6 Å². The lowest BCUT2D eigenvalue weighted by molar-refractivity contribution is -0.385. The molecule has 23 heavy (non-hydrogen) atoms. The average Bonchev–Trinajstić information content (AvgIpc) is 2.53. The minimum Gasteiger partial charge on any atom is -0.481 e. The topological polar surface area (TPSA) is 110 Å². The molecule has 0 radical (unpaired) electrons. The smallest absolute Gasteiger partial charge is 0.311 e. The predicted octanol–water partition coefficient (Wildman–Crippen LogP) is 3.12. The summed E-state index contributed by atoms with van der Waals surface area (Å²) in [6, 6.07) is 4.14. The maximum atomic E-state index is 12.3. The van der Waals surface area contributed by atoms with E-state index in [0.717, 1.165) is 19.3 Å². The quantitative estimate of drug-likeness (QED) is 0.598. The number of carboxylic acids is 1. The SMILES string of the molecule is O=C(NCC1(C(=O)O)CCCCC1)c1ccc(Br)cc1[N+](=O)[O-]. The zero-order chi connectivity index (χ0) is 17.0. The summed E-state index contributed by atoms with van der Waals surface area (Å²) in [5.74, 6) is -1.56. The molecular weight excluding hydrogens is 368 g/mol. The van der Waals surface area contributed by atoms with Crippen molar-refractivity contribution in [1.29, 1.82) is 0 Å². The van der Waals surface area contributed by atoms with Crippen LogP contribution in [0.2, 0.25) is 0 Å². The Kier molecular flexibility index (Phi) is 5.35. The maximum absolute atomic E-state index is 12.3. The molecule has 8 heteroatoms. The molecule has 0 bridgehead atoms. The van der Waals surface area contributed by atoms with Gasteiger partial charge in [0.1, 0.15) is 5.56 Å². The van der Waals surface area contributed by atoms with Crippen LogP contribution in [0.3, 0.4) is 0 Å². The van der Waals surface area contributed by atoms with Crippen LogP contribution in [0.15, 0.2) is 22.7 Å². The van der Waals surface area contributed by atoms with Crippen LogP contribution in [0.25, 0.3) is 0 Å². The fourth-order valence-corrected chi connectivity index (χ4v) is 3.24. The van der Waals surface area contributed by atoms with Crippen molar-refractivity contribution in [2.24, 2.45) is 5.41 Å². The van der Waals surface area contributed by atoms with E-state index in [4.69, 9.17) is 0 Å². The highest BCUT2D eigenvalue weighted by molar-refractivity contribution is 9.10. The fraction of sp³-hybridized carbons (Fsp3) is 0.467. The van der Waals surface area contributed by atoms with Gasteiger partial charge in [-0.2, -0.15) is 0 Å². The largest absolute Gasteiger partial charge is 0.481 e. The van der Waals surface area contributed by atoms with Gasteiger partial charge in [-0.25, -0.2) is 0 Å². The lowest BCUT2D eigenvalue weighted by Gasteiger charge is -2.33. The average molecular weight is 385 g/mol. The van der Waals surface area contributed by atoms with Gasteiger partial charge in [-0.05, 0) is 25.0 Å². The standard InChI is InChI=1S/C15H17BrN2O5/c16-10-4-5-11(12(8-10)18(22)23)13(19)17-9-15(14(20)21)6-2-1-3-7-15/h4-5,8H,1-3,6-7,9H2,(H,17,19)(H,20,21). The van der Waals surface area contributed by atoms with Gasteiger partial charge in [-0.15, -0.1) is 0 Å². The van der Waals surface area contributed by atoms with Crippen LogP contribution < -0.4 is 5.32 Å². The van der Waals surface area contributed by atoms with Crippen LogP contribution in [0.5, 0.6) is 0 Å². The molecule has 1 fully saturated rings. The summed E-state index contributed by atoms with van der Waals surface area (Å²) in [4.78, 5) is 34.3. The molecule has 0 heterocycles. The van der Waals surface area contributed by atoms with Gasteiger partial charge in [0.2, 0.25) is 0 Å². The molecule has 1 amide bonds. The number of aliphatic carboxylic acids is 1. The molecule has 1 saturated carbocycles. The van der Waals surface area contributed by atoms with Crippen LogP contribution in [0.1, 0.15) is 42.5 Å². The number of carbonyl (C=O) groups excluding carboxylic acids is 1. The third kappa shape index (κ3) is 3.87. The summed E-state index contributed by atoms with van der Waals surface area (Å²) in [6.07, 6.45) is 3.61. The number of amides is 1. The van der Waals surface area contributed by atoms with E-state index >= 15 is 0 Å². The Labute approximate surface area is 141 Å².